The fourth-order valence-corrected chi connectivity index (χ4v) is 6.52. The van der Waals surface area contributed by atoms with Crippen LogP contribution in [0.2, 0.25) is 10.0 Å². The molecule has 4 aromatic rings. The van der Waals surface area contributed by atoms with Gasteiger partial charge in [0.1, 0.15) is 18.3 Å². The largest absolute Gasteiger partial charge is 0.497 e. The summed E-state index contributed by atoms with van der Waals surface area (Å²) in [5, 5.41) is 3.60. The maximum absolute atomic E-state index is 14.4. The van der Waals surface area contributed by atoms with Crippen molar-refractivity contribution in [2.45, 2.75) is 30.8 Å². The number of rotatable bonds is 13. The Morgan fingerprint density at radius 3 is 2.09 bits per heavy atom. The molecule has 230 valence electrons. The number of likely N-dealkylation sites (N-methyl/N-ethyl adjacent to an activating group) is 1. The van der Waals surface area contributed by atoms with Crippen molar-refractivity contribution in [3.63, 3.8) is 0 Å². The zero-order valence-corrected chi connectivity index (χ0v) is 26.6. The molecule has 0 bridgehead atoms. The van der Waals surface area contributed by atoms with E-state index in [-0.39, 0.29) is 29.5 Å². The average Bonchev–Trinajstić information content (AvgIpc) is 3.02. The van der Waals surface area contributed by atoms with E-state index >= 15 is 0 Å². The Bertz CT molecular complexity index is 1690. The SMILES string of the molecule is CCNC(=O)[C@H](Cc1ccccc1)N(Cc1cccc(Cl)c1)C(=O)CN(c1cccc(Cl)c1)S(=O)(=O)c1ccc(OC)cc1. The molecule has 0 aliphatic carbocycles. The predicted octanol–water partition coefficient (Wildman–Crippen LogP) is 5.97. The van der Waals surface area contributed by atoms with Gasteiger partial charge in [0.25, 0.3) is 10.0 Å². The van der Waals surface area contributed by atoms with Crippen molar-refractivity contribution in [1.82, 2.24) is 10.2 Å². The molecule has 0 saturated carbocycles. The number of benzene rings is 4. The summed E-state index contributed by atoms with van der Waals surface area (Å²) in [6.45, 7) is 1.56. The number of nitrogens with zero attached hydrogens (tertiary/aromatic N) is 2. The zero-order chi connectivity index (χ0) is 31.7. The number of hydrogen-bond donors (Lipinski definition) is 1. The van der Waals surface area contributed by atoms with Gasteiger partial charge in [-0.1, -0.05) is 71.7 Å². The standard InChI is InChI=1S/C33H33Cl2N3O5S/c1-3-36-33(40)31(20-24-9-5-4-6-10-24)37(22-25-11-7-12-26(34)19-25)32(39)23-38(28-14-8-13-27(35)21-28)44(41,42)30-17-15-29(43-2)16-18-30/h4-19,21,31H,3,20,22-23H2,1-2H3,(H,36,40)/t31-/m0/s1. The molecule has 44 heavy (non-hydrogen) atoms. The molecule has 0 fully saturated rings. The summed E-state index contributed by atoms with van der Waals surface area (Å²) < 4.78 is 34.3. The van der Waals surface area contributed by atoms with Crippen molar-refractivity contribution in [3.8, 4) is 5.75 Å². The van der Waals surface area contributed by atoms with Gasteiger partial charge in [-0.2, -0.15) is 0 Å². The van der Waals surface area contributed by atoms with E-state index in [1.165, 1.54) is 42.3 Å². The lowest BCUT2D eigenvalue weighted by Crippen LogP contribution is -2.53. The first kappa shape index (κ1) is 32.9. The Kier molecular flexibility index (Phi) is 11.3. The highest BCUT2D eigenvalue weighted by molar-refractivity contribution is 7.92. The third kappa shape index (κ3) is 8.31. The summed E-state index contributed by atoms with van der Waals surface area (Å²) in [4.78, 5) is 29.3. The van der Waals surface area contributed by atoms with Crippen LogP contribution in [0.1, 0.15) is 18.1 Å². The number of nitrogens with one attached hydrogen (secondary N) is 1. The molecule has 0 heterocycles. The van der Waals surface area contributed by atoms with Crippen LogP contribution in [-0.2, 0) is 32.6 Å². The first-order valence-electron chi connectivity index (χ1n) is 13.9. The molecule has 1 atom stereocenters. The van der Waals surface area contributed by atoms with Crippen LogP contribution in [0.5, 0.6) is 5.75 Å². The molecule has 0 saturated heterocycles. The van der Waals surface area contributed by atoms with Gasteiger partial charge in [0.05, 0.1) is 17.7 Å². The van der Waals surface area contributed by atoms with Crippen LogP contribution in [0.15, 0.2) is 108 Å². The van der Waals surface area contributed by atoms with Crippen molar-refractivity contribution in [3.05, 3.63) is 124 Å². The van der Waals surface area contributed by atoms with Crippen molar-refractivity contribution in [2.75, 3.05) is 24.5 Å². The molecule has 11 heteroatoms. The third-order valence-electron chi connectivity index (χ3n) is 6.89. The summed E-state index contributed by atoms with van der Waals surface area (Å²) in [5.74, 6) is -0.471. The minimum atomic E-state index is -4.27. The number of halogens is 2. The van der Waals surface area contributed by atoms with Crippen LogP contribution >= 0.6 is 23.2 Å². The highest BCUT2D eigenvalue weighted by Gasteiger charge is 2.34. The van der Waals surface area contributed by atoms with Gasteiger partial charge >= 0.3 is 0 Å². The fourth-order valence-electron chi connectivity index (χ4n) is 4.71. The fraction of sp³-hybridized carbons (Fsp3) is 0.212. The number of amides is 2. The highest BCUT2D eigenvalue weighted by atomic mass is 35.5. The van der Waals surface area contributed by atoms with Crippen LogP contribution in [-0.4, -0.2) is 51.4 Å². The summed E-state index contributed by atoms with van der Waals surface area (Å²) in [7, 11) is -2.79. The smallest absolute Gasteiger partial charge is 0.264 e. The third-order valence-corrected chi connectivity index (χ3v) is 9.14. The van der Waals surface area contributed by atoms with Gasteiger partial charge in [-0.3, -0.25) is 13.9 Å². The lowest BCUT2D eigenvalue weighted by Gasteiger charge is -2.34. The maximum atomic E-state index is 14.4. The van der Waals surface area contributed by atoms with Gasteiger partial charge in [0.15, 0.2) is 0 Å². The number of sulfonamides is 1. The Hall–Kier alpha value is -4.05. The van der Waals surface area contributed by atoms with E-state index < -0.39 is 28.5 Å². The van der Waals surface area contributed by atoms with E-state index in [0.717, 1.165) is 9.87 Å². The molecule has 8 nitrogen and oxygen atoms in total. The molecular weight excluding hydrogens is 621 g/mol. The first-order valence-corrected chi connectivity index (χ1v) is 16.1. The second kappa shape index (κ2) is 15.1. The van der Waals surface area contributed by atoms with Crippen LogP contribution in [0.3, 0.4) is 0 Å². The second-order valence-corrected chi connectivity index (χ2v) is 12.7. The van der Waals surface area contributed by atoms with Crippen LogP contribution in [0.4, 0.5) is 5.69 Å². The van der Waals surface area contributed by atoms with Gasteiger partial charge < -0.3 is 15.0 Å². The van der Waals surface area contributed by atoms with E-state index in [0.29, 0.717) is 27.9 Å². The van der Waals surface area contributed by atoms with Crippen molar-refractivity contribution < 1.29 is 22.7 Å². The number of carbonyl (C=O) groups is 2. The van der Waals surface area contributed by atoms with Crippen LogP contribution in [0, 0.1) is 0 Å². The quantitative estimate of drug-likeness (QED) is 0.192. The monoisotopic (exact) mass is 653 g/mol. The molecule has 4 rings (SSSR count). The Labute approximate surface area is 268 Å². The zero-order valence-electron chi connectivity index (χ0n) is 24.3. The molecule has 0 unspecified atom stereocenters. The number of ether oxygens (including phenoxy) is 1. The van der Waals surface area contributed by atoms with Crippen LogP contribution in [0.25, 0.3) is 0 Å². The lowest BCUT2D eigenvalue weighted by molar-refractivity contribution is -0.140. The number of carbonyl (C=O) groups excluding carboxylic acids is 2. The van der Waals surface area contributed by atoms with Crippen LogP contribution < -0.4 is 14.4 Å². The number of methoxy groups -OCH3 is 1. The Morgan fingerprint density at radius 2 is 1.48 bits per heavy atom. The summed E-state index contributed by atoms with van der Waals surface area (Å²) in [6, 6.07) is 27.5. The first-order chi connectivity index (χ1) is 21.1. The van der Waals surface area contributed by atoms with Gasteiger partial charge in [-0.25, -0.2) is 8.42 Å². The van der Waals surface area contributed by atoms with Gasteiger partial charge in [-0.15, -0.1) is 0 Å². The molecule has 0 aromatic heterocycles. The minimum absolute atomic E-state index is 0.0139. The molecule has 4 aromatic carbocycles. The summed E-state index contributed by atoms with van der Waals surface area (Å²) in [5.41, 5.74) is 1.72. The van der Waals surface area contributed by atoms with Crippen molar-refractivity contribution in [1.29, 1.82) is 0 Å². The van der Waals surface area contributed by atoms with E-state index in [1.54, 1.807) is 49.4 Å². The minimum Gasteiger partial charge on any atom is -0.497 e. The lowest BCUT2D eigenvalue weighted by atomic mass is 10.0. The summed E-state index contributed by atoms with van der Waals surface area (Å²) >= 11 is 12.5. The van der Waals surface area contributed by atoms with E-state index in [2.05, 4.69) is 5.32 Å². The van der Waals surface area contributed by atoms with Crippen molar-refractivity contribution >= 4 is 50.7 Å². The van der Waals surface area contributed by atoms with Gasteiger partial charge in [-0.05, 0) is 72.6 Å². The van der Waals surface area contributed by atoms with E-state index in [4.69, 9.17) is 27.9 Å². The number of anilines is 1. The second-order valence-electron chi connectivity index (χ2n) is 9.92. The van der Waals surface area contributed by atoms with Crippen molar-refractivity contribution in [2.24, 2.45) is 0 Å². The molecular formula is C33H33Cl2N3O5S. The topological polar surface area (TPSA) is 96.0 Å². The molecule has 0 spiro atoms. The molecule has 0 radical (unpaired) electrons. The van der Waals surface area contributed by atoms with E-state index in [1.807, 2.05) is 30.3 Å². The van der Waals surface area contributed by atoms with E-state index in [9.17, 15) is 18.0 Å². The highest BCUT2D eigenvalue weighted by Crippen LogP contribution is 2.28. The number of hydrogen-bond acceptors (Lipinski definition) is 5. The maximum Gasteiger partial charge on any atom is 0.264 e. The van der Waals surface area contributed by atoms with Gasteiger partial charge in [0, 0.05) is 29.6 Å². The molecule has 0 aliphatic rings. The summed E-state index contributed by atoms with van der Waals surface area (Å²) in [6.07, 6.45) is 0.210. The molecule has 0 aliphatic heterocycles. The molecule has 1 N–H and O–H groups in total. The predicted molar refractivity (Wildman–Crippen MR) is 174 cm³/mol. The Balaban J connectivity index is 1.79. The average molecular weight is 655 g/mol. The Morgan fingerprint density at radius 1 is 0.841 bits per heavy atom. The van der Waals surface area contributed by atoms with Gasteiger partial charge in [0.2, 0.25) is 11.8 Å². The normalized spacial score (nSPS) is 11.8. The molecule has 2 amide bonds.